The van der Waals surface area contributed by atoms with Crippen molar-refractivity contribution < 1.29 is 9.59 Å². The van der Waals surface area contributed by atoms with Crippen molar-refractivity contribution >= 4 is 40.7 Å². The lowest BCUT2D eigenvalue weighted by Crippen LogP contribution is -2.35. The van der Waals surface area contributed by atoms with Gasteiger partial charge in [-0.15, -0.1) is 0 Å². The van der Waals surface area contributed by atoms with Crippen LogP contribution in [0.4, 0.5) is 5.69 Å². The van der Waals surface area contributed by atoms with Crippen LogP contribution in [-0.2, 0) is 9.59 Å². The topological polar surface area (TPSA) is 49.4 Å². The highest BCUT2D eigenvalue weighted by Gasteiger charge is 2.38. The lowest BCUT2D eigenvalue weighted by Gasteiger charge is -2.16. The Balaban J connectivity index is 2.14. The second-order valence-corrected chi connectivity index (χ2v) is 5.25. The Morgan fingerprint density at radius 2 is 2.11 bits per heavy atom. The highest BCUT2D eigenvalue weighted by Crippen LogP contribution is 2.28. The smallest absolute Gasteiger partial charge is 0.252 e. The number of nitrogens with zero attached hydrogens (tertiary/aromatic N) is 1. The summed E-state index contributed by atoms with van der Waals surface area (Å²) in [5.74, 6) is -0.356. The third-order valence-corrected chi connectivity index (χ3v) is 3.51. The van der Waals surface area contributed by atoms with Gasteiger partial charge in [-0.1, -0.05) is 30.1 Å². The van der Waals surface area contributed by atoms with Gasteiger partial charge in [0, 0.05) is 11.6 Å². The van der Waals surface area contributed by atoms with Crippen LogP contribution < -0.4 is 5.32 Å². The van der Waals surface area contributed by atoms with E-state index in [-0.39, 0.29) is 18.2 Å². The van der Waals surface area contributed by atoms with Crippen LogP contribution in [0.25, 0.3) is 0 Å². The molecule has 1 heterocycles. The van der Waals surface area contributed by atoms with Gasteiger partial charge in [-0.3, -0.25) is 14.5 Å². The van der Waals surface area contributed by atoms with E-state index in [0.717, 1.165) is 6.42 Å². The first-order valence-electron chi connectivity index (χ1n) is 6.08. The average Bonchev–Trinajstić information content (AvgIpc) is 2.62. The SMILES string of the molecule is CCCN1C(=O)CC(Nc2cc(Cl)ccc2Cl)C1=O. The number of imide groups is 1. The van der Waals surface area contributed by atoms with E-state index in [0.29, 0.717) is 22.3 Å². The van der Waals surface area contributed by atoms with E-state index in [1.807, 2.05) is 6.92 Å². The number of hydrogen-bond acceptors (Lipinski definition) is 3. The number of benzene rings is 1. The van der Waals surface area contributed by atoms with Crippen molar-refractivity contribution in [3.05, 3.63) is 28.2 Å². The van der Waals surface area contributed by atoms with Crippen molar-refractivity contribution in [1.29, 1.82) is 0 Å². The van der Waals surface area contributed by atoms with Crippen LogP contribution in [0.2, 0.25) is 10.0 Å². The molecule has 102 valence electrons. The minimum absolute atomic E-state index is 0.150. The zero-order chi connectivity index (χ0) is 14.0. The Labute approximate surface area is 121 Å². The number of carbonyl (C=O) groups is 2. The number of anilines is 1. The lowest BCUT2D eigenvalue weighted by molar-refractivity contribution is -0.138. The fourth-order valence-corrected chi connectivity index (χ4v) is 2.39. The molecule has 1 aromatic carbocycles. The molecular formula is C13H14Cl2N2O2. The van der Waals surface area contributed by atoms with Gasteiger partial charge in [0.15, 0.2) is 0 Å². The number of hydrogen-bond donors (Lipinski definition) is 1. The molecule has 1 aliphatic rings. The van der Waals surface area contributed by atoms with Crippen molar-refractivity contribution in [2.45, 2.75) is 25.8 Å². The molecule has 0 aliphatic carbocycles. The second kappa shape index (κ2) is 5.80. The van der Waals surface area contributed by atoms with Crippen LogP contribution in [0.3, 0.4) is 0 Å². The maximum Gasteiger partial charge on any atom is 0.252 e. The van der Waals surface area contributed by atoms with Gasteiger partial charge in [0.1, 0.15) is 6.04 Å². The number of rotatable bonds is 4. The van der Waals surface area contributed by atoms with E-state index < -0.39 is 6.04 Å². The first kappa shape index (κ1) is 14.2. The van der Waals surface area contributed by atoms with Crippen LogP contribution in [0.5, 0.6) is 0 Å². The highest BCUT2D eigenvalue weighted by atomic mass is 35.5. The summed E-state index contributed by atoms with van der Waals surface area (Å²) in [6.07, 6.45) is 0.907. The van der Waals surface area contributed by atoms with Gasteiger partial charge in [-0.05, 0) is 24.6 Å². The maximum absolute atomic E-state index is 12.1. The monoisotopic (exact) mass is 300 g/mol. The maximum atomic E-state index is 12.1. The molecule has 2 amide bonds. The Hall–Kier alpha value is -1.26. The van der Waals surface area contributed by atoms with Crippen molar-refractivity contribution in [2.24, 2.45) is 0 Å². The number of halogens is 2. The molecule has 1 unspecified atom stereocenters. The Kier molecular flexibility index (Phi) is 4.32. The van der Waals surface area contributed by atoms with Gasteiger partial charge in [0.25, 0.3) is 5.91 Å². The third kappa shape index (κ3) is 3.01. The summed E-state index contributed by atoms with van der Waals surface area (Å²) in [5, 5.41) is 3.98. The van der Waals surface area contributed by atoms with E-state index in [1.165, 1.54) is 4.90 Å². The molecule has 1 aromatic rings. The first-order valence-corrected chi connectivity index (χ1v) is 6.84. The number of nitrogens with one attached hydrogen (secondary N) is 1. The van der Waals surface area contributed by atoms with Crippen molar-refractivity contribution in [1.82, 2.24) is 4.90 Å². The summed E-state index contributed by atoms with van der Waals surface area (Å²) in [5.41, 5.74) is 0.568. The van der Waals surface area contributed by atoms with Crippen molar-refractivity contribution in [2.75, 3.05) is 11.9 Å². The largest absolute Gasteiger partial charge is 0.372 e. The fraction of sp³-hybridized carbons (Fsp3) is 0.385. The molecule has 1 N–H and O–H groups in total. The summed E-state index contributed by atoms with van der Waals surface area (Å²) in [6, 6.07) is 4.40. The minimum Gasteiger partial charge on any atom is -0.372 e. The summed E-state index contributed by atoms with van der Waals surface area (Å²) in [7, 11) is 0. The van der Waals surface area contributed by atoms with E-state index in [4.69, 9.17) is 23.2 Å². The average molecular weight is 301 g/mol. The fourth-order valence-electron chi connectivity index (χ4n) is 2.05. The van der Waals surface area contributed by atoms with Gasteiger partial charge >= 0.3 is 0 Å². The van der Waals surface area contributed by atoms with E-state index >= 15 is 0 Å². The second-order valence-electron chi connectivity index (χ2n) is 4.41. The van der Waals surface area contributed by atoms with Crippen molar-refractivity contribution in [3.8, 4) is 0 Å². The normalized spacial score (nSPS) is 19.1. The first-order chi connectivity index (χ1) is 9.02. The molecular weight excluding hydrogens is 287 g/mol. The Bertz CT molecular complexity index is 519. The zero-order valence-corrected chi connectivity index (χ0v) is 12.0. The molecule has 0 radical (unpaired) electrons. The van der Waals surface area contributed by atoms with E-state index in [9.17, 15) is 9.59 Å². The molecule has 1 atom stereocenters. The van der Waals surface area contributed by atoms with Gasteiger partial charge in [-0.25, -0.2) is 0 Å². The van der Waals surface area contributed by atoms with Crippen LogP contribution in [0.15, 0.2) is 18.2 Å². The summed E-state index contributed by atoms with van der Waals surface area (Å²) < 4.78 is 0. The summed E-state index contributed by atoms with van der Waals surface area (Å²) >= 11 is 11.9. The van der Waals surface area contributed by atoms with Crippen LogP contribution in [0, 0.1) is 0 Å². The number of amides is 2. The highest BCUT2D eigenvalue weighted by molar-refractivity contribution is 6.35. The quantitative estimate of drug-likeness (QED) is 0.870. The third-order valence-electron chi connectivity index (χ3n) is 2.95. The molecule has 0 spiro atoms. The van der Waals surface area contributed by atoms with Crippen LogP contribution in [0.1, 0.15) is 19.8 Å². The molecule has 1 fully saturated rings. The summed E-state index contributed by atoms with van der Waals surface area (Å²) in [6.45, 7) is 2.38. The molecule has 19 heavy (non-hydrogen) atoms. The van der Waals surface area contributed by atoms with Gasteiger partial charge in [-0.2, -0.15) is 0 Å². The predicted molar refractivity (Wildman–Crippen MR) is 75.5 cm³/mol. The van der Waals surface area contributed by atoms with E-state index in [2.05, 4.69) is 5.32 Å². The Morgan fingerprint density at radius 1 is 1.37 bits per heavy atom. The molecule has 2 rings (SSSR count). The van der Waals surface area contributed by atoms with Crippen LogP contribution in [-0.4, -0.2) is 29.3 Å². The van der Waals surface area contributed by atoms with Crippen molar-refractivity contribution in [3.63, 3.8) is 0 Å². The zero-order valence-electron chi connectivity index (χ0n) is 10.5. The number of likely N-dealkylation sites (tertiary alicyclic amines) is 1. The number of carbonyl (C=O) groups excluding carboxylic acids is 2. The van der Waals surface area contributed by atoms with E-state index in [1.54, 1.807) is 18.2 Å². The lowest BCUT2D eigenvalue weighted by atomic mass is 10.2. The molecule has 1 aliphatic heterocycles. The molecule has 6 heteroatoms. The van der Waals surface area contributed by atoms with Gasteiger partial charge < -0.3 is 5.32 Å². The standard InChI is InChI=1S/C13H14Cl2N2O2/c1-2-5-17-12(18)7-11(13(17)19)16-10-6-8(14)3-4-9(10)15/h3-4,6,11,16H,2,5,7H2,1H3. The Morgan fingerprint density at radius 3 is 2.79 bits per heavy atom. The van der Waals surface area contributed by atoms with Gasteiger partial charge in [0.2, 0.25) is 5.91 Å². The molecule has 1 saturated heterocycles. The molecule has 4 nitrogen and oxygen atoms in total. The van der Waals surface area contributed by atoms with Crippen LogP contribution >= 0.6 is 23.2 Å². The molecule has 0 bridgehead atoms. The van der Waals surface area contributed by atoms with Gasteiger partial charge in [0.05, 0.1) is 17.1 Å². The minimum atomic E-state index is -0.560. The molecule has 0 saturated carbocycles. The predicted octanol–water partition coefficient (Wildman–Crippen LogP) is 2.94. The molecule has 0 aromatic heterocycles. The summed E-state index contributed by atoms with van der Waals surface area (Å²) in [4.78, 5) is 25.1.